The van der Waals surface area contributed by atoms with Crippen molar-refractivity contribution in [2.45, 2.75) is 57.2 Å². The highest BCUT2D eigenvalue weighted by Gasteiger charge is 2.61. The van der Waals surface area contributed by atoms with Gasteiger partial charge in [-0.15, -0.1) is 0 Å². The first-order valence-electron chi connectivity index (χ1n) is 11.4. The Kier molecular flexibility index (Phi) is 4.76. The van der Waals surface area contributed by atoms with Gasteiger partial charge in [0.25, 0.3) is 0 Å². The fraction of sp³-hybridized carbons (Fsp3) is 0.708. The number of likely N-dealkylation sites (tertiary alicyclic amines) is 1. The number of aromatic nitrogens is 2. The minimum atomic E-state index is 0.123. The van der Waals surface area contributed by atoms with Crippen LogP contribution < -0.4 is 0 Å². The maximum absolute atomic E-state index is 6.17. The van der Waals surface area contributed by atoms with Crippen molar-refractivity contribution in [1.29, 1.82) is 0 Å². The number of morpholine rings is 1. The number of rotatable bonds is 5. The van der Waals surface area contributed by atoms with Crippen molar-refractivity contribution in [2.75, 3.05) is 39.8 Å². The van der Waals surface area contributed by atoms with E-state index in [2.05, 4.69) is 61.0 Å². The zero-order valence-electron chi connectivity index (χ0n) is 18.5. The molecule has 5 rings (SSSR count). The zero-order valence-corrected chi connectivity index (χ0v) is 18.5. The molecule has 2 aliphatic carbocycles. The maximum Gasteiger partial charge on any atom is 0.106 e. The molecule has 0 N–H and O–H groups in total. The quantitative estimate of drug-likeness (QED) is 0.713. The van der Waals surface area contributed by atoms with Crippen molar-refractivity contribution in [3.05, 3.63) is 36.2 Å². The van der Waals surface area contributed by atoms with Crippen LogP contribution in [0.4, 0.5) is 0 Å². The summed E-state index contributed by atoms with van der Waals surface area (Å²) in [7, 11) is 2.22. The van der Waals surface area contributed by atoms with E-state index in [1.54, 1.807) is 0 Å². The summed E-state index contributed by atoms with van der Waals surface area (Å²) in [5, 5.41) is 4.93. The molecule has 1 aromatic rings. The largest absolute Gasteiger partial charge is 0.370 e. The van der Waals surface area contributed by atoms with Gasteiger partial charge in [0, 0.05) is 49.9 Å². The summed E-state index contributed by atoms with van der Waals surface area (Å²) in [6.07, 6.45) is 6.72. The van der Waals surface area contributed by atoms with E-state index in [1.165, 1.54) is 18.5 Å². The number of allylic oxidation sites excluding steroid dienone is 3. The Morgan fingerprint density at radius 3 is 2.59 bits per heavy atom. The molecular weight excluding hydrogens is 360 g/mol. The summed E-state index contributed by atoms with van der Waals surface area (Å²) in [4.78, 5) is 5.12. The van der Waals surface area contributed by atoms with Crippen LogP contribution in [-0.2, 0) is 4.74 Å². The second kappa shape index (κ2) is 7.07. The van der Waals surface area contributed by atoms with Gasteiger partial charge in [0.05, 0.1) is 12.3 Å². The lowest BCUT2D eigenvalue weighted by atomic mass is 9.88. The average Bonchev–Trinajstić information content (AvgIpc) is 3.02. The lowest BCUT2D eigenvalue weighted by molar-refractivity contribution is -0.190. The number of nitrogens with zero attached hydrogens (tertiary/aromatic N) is 4. The first kappa shape index (κ1) is 19.5. The molecule has 0 bridgehead atoms. The third-order valence-corrected chi connectivity index (χ3v) is 7.78. The van der Waals surface area contributed by atoms with E-state index in [1.807, 2.05) is 6.08 Å². The van der Waals surface area contributed by atoms with Crippen molar-refractivity contribution >= 4 is 5.57 Å². The lowest BCUT2D eigenvalue weighted by Crippen LogP contribution is -2.71. The van der Waals surface area contributed by atoms with Crippen molar-refractivity contribution in [3.8, 4) is 0 Å². The number of fused-ring (bicyclic) bond motifs is 1. The second-order valence-electron chi connectivity index (χ2n) is 10.1. The molecule has 4 atom stereocenters. The normalized spacial score (nSPS) is 34.4. The maximum atomic E-state index is 6.17. The van der Waals surface area contributed by atoms with Crippen LogP contribution in [0.1, 0.15) is 57.0 Å². The van der Waals surface area contributed by atoms with Crippen LogP contribution in [0.15, 0.2) is 24.8 Å². The summed E-state index contributed by atoms with van der Waals surface area (Å²) in [5.41, 5.74) is 3.79. The van der Waals surface area contributed by atoms with Crippen molar-refractivity contribution in [3.63, 3.8) is 0 Å². The van der Waals surface area contributed by atoms with Crippen LogP contribution in [0.3, 0.4) is 0 Å². The predicted molar refractivity (Wildman–Crippen MR) is 117 cm³/mol. The van der Waals surface area contributed by atoms with Gasteiger partial charge < -0.3 is 9.64 Å². The monoisotopic (exact) mass is 396 g/mol. The summed E-state index contributed by atoms with van der Waals surface area (Å²) < 4.78 is 8.44. The Labute approximate surface area is 175 Å². The van der Waals surface area contributed by atoms with Crippen molar-refractivity contribution in [1.82, 2.24) is 19.6 Å². The first-order valence-corrected chi connectivity index (χ1v) is 11.4. The Morgan fingerprint density at radius 1 is 1.28 bits per heavy atom. The predicted octanol–water partition coefficient (Wildman–Crippen LogP) is 3.56. The Bertz CT molecular complexity index is 807. The number of hydrogen-bond acceptors (Lipinski definition) is 4. The van der Waals surface area contributed by atoms with Gasteiger partial charge in [-0.3, -0.25) is 9.58 Å². The number of hydrogen-bond donors (Lipinski definition) is 0. The molecule has 3 heterocycles. The van der Waals surface area contributed by atoms with Crippen molar-refractivity contribution in [2.24, 2.45) is 11.8 Å². The van der Waals surface area contributed by atoms with E-state index in [0.29, 0.717) is 12.0 Å². The molecule has 0 radical (unpaired) electrons. The molecule has 1 spiro atoms. The van der Waals surface area contributed by atoms with Crippen LogP contribution in [0.25, 0.3) is 5.57 Å². The van der Waals surface area contributed by atoms with Crippen LogP contribution in [0.5, 0.6) is 0 Å². The lowest BCUT2D eigenvalue weighted by Gasteiger charge is -2.55. The summed E-state index contributed by atoms with van der Waals surface area (Å²) >= 11 is 0. The SMILES string of the molecule is C=C/C(=C\C)c1cc(C2[C@H]3CC(N4CC5(CN(C)CCO5)C4)C[C@@H]23)n(C(C)C)n1. The van der Waals surface area contributed by atoms with Gasteiger partial charge in [-0.25, -0.2) is 0 Å². The molecular formula is C24H36N4O. The Balaban J connectivity index is 1.24. The van der Waals surface area contributed by atoms with Gasteiger partial charge >= 0.3 is 0 Å². The fourth-order valence-corrected chi connectivity index (χ4v) is 6.31. The van der Waals surface area contributed by atoms with Gasteiger partial charge in [0.1, 0.15) is 5.60 Å². The smallest absolute Gasteiger partial charge is 0.106 e. The minimum Gasteiger partial charge on any atom is -0.370 e. The minimum absolute atomic E-state index is 0.123. The van der Waals surface area contributed by atoms with E-state index >= 15 is 0 Å². The molecule has 5 heteroatoms. The van der Waals surface area contributed by atoms with E-state index in [-0.39, 0.29) is 5.60 Å². The molecule has 2 saturated heterocycles. The molecule has 2 aliphatic heterocycles. The number of likely N-dealkylation sites (N-methyl/N-ethyl adjacent to an activating group) is 1. The first-order chi connectivity index (χ1) is 13.9. The Hall–Kier alpha value is -1.43. The van der Waals surface area contributed by atoms with E-state index in [9.17, 15) is 0 Å². The van der Waals surface area contributed by atoms with Crippen LogP contribution in [0.2, 0.25) is 0 Å². The van der Waals surface area contributed by atoms with Crippen molar-refractivity contribution < 1.29 is 4.74 Å². The summed E-state index contributed by atoms with van der Waals surface area (Å²) in [6, 6.07) is 3.49. The molecule has 2 unspecified atom stereocenters. The third kappa shape index (κ3) is 3.22. The molecule has 29 heavy (non-hydrogen) atoms. The molecule has 4 aliphatic rings. The fourth-order valence-electron chi connectivity index (χ4n) is 6.31. The molecule has 1 aromatic heterocycles. The van der Waals surface area contributed by atoms with Gasteiger partial charge in [0.15, 0.2) is 0 Å². The molecule has 4 fully saturated rings. The Morgan fingerprint density at radius 2 is 2.00 bits per heavy atom. The summed E-state index contributed by atoms with van der Waals surface area (Å²) in [5.74, 6) is 2.38. The molecule has 2 saturated carbocycles. The molecule has 5 nitrogen and oxygen atoms in total. The van der Waals surface area contributed by atoms with E-state index in [4.69, 9.17) is 9.84 Å². The molecule has 0 aromatic carbocycles. The van der Waals surface area contributed by atoms with E-state index < -0.39 is 0 Å². The molecule has 158 valence electrons. The van der Waals surface area contributed by atoms with Gasteiger partial charge in [-0.1, -0.05) is 18.7 Å². The highest BCUT2D eigenvalue weighted by atomic mass is 16.5. The van der Waals surface area contributed by atoms with Gasteiger partial charge in [0.2, 0.25) is 0 Å². The summed E-state index contributed by atoms with van der Waals surface area (Å²) in [6.45, 7) is 15.8. The van der Waals surface area contributed by atoms with Gasteiger partial charge in [-0.05, 0) is 64.1 Å². The van der Waals surface area contributed by atoms with Crippen LogP contribution in [0, 0.1) is 11.8 Å². The molecule has 0 amide bonds. The third-order valence-electron chi connectivity index (χ3n) is 7.78. The van der Waals surface area contributed by atoms with Gasteiger partial charge in [-0.2, -0.15) is 5.10 Å². The zero-order chi connectivity index (χ0) is 20.3. The highest BCUT2D eigenvalue weighted by molar-refractivity contribution is 5.71. The van der Waals surface area contributed by atoms with Crippen LogP contribution >= 0.6 is 0 Å². The van der Waals surface area contributed by atoms with Crippen LogP contribution in [-0.4, -0.2) is 71.1 Å². The van der Waals surface area contributed by atoms with E-state index in [0.717, 1.165) is 61.9 Å². The topological polar surface area (TPSA) is 33.5 Å². The standard InChI is InChI=1S/C24H36N4O/c1-6-17(7-2)21-12-22(28(25-21)16(3)4)23-19-10-18(11-20(19)23)27-14-24(15-27)13-26(5)8-9-29-24/h6-7,12,16,18-20,23H,1,8-11,13-15H2,2-5H3/b17-7+/t18?,19-,20+,23?. The second-order valence-corrected chi connectivity index (χ2v) is 10.1. The average molecular weight is 397 g/mol. The number of ether oxygens (including phenoxy) is 1. The highest BCUT2D eigenvalue weighted by Crippen LogP contribution is 2.64.